The number of hydrogen-bond acceptors (Lipinski definition) is 5. The fourth-order valence-corrected chi connectivity index (χ4v) is 5.26. The highest BCUT2D eigenvalue weighted by atomic mass is 16.5. The van der Waals surface area contributed by atoms with Crippen LogP contribution in [-0.4, -0.2) is 61.7 Å². The summed E-state index contributed by atoms with van der Waals surface area (Å²) < 4.78 is 5.56. The summed E-state index contributed by atoms with van der Waals surface area (Å²) in [5, 5.41) is 3.44. The van der Waals surface area contributed by atoms with Crippen LogP contribution >= 0.6 is 0 Å². The second kappa shape index (κ2) is 11.0. The van der Waals surface area contributed by atoms with Crippen molar-refractivity contribution < 1.29 is 9.53 Å². The predicted octanol–water partition coefficient (Wildman–Crippen LogP) is 3.91. The highest BCUT2D eigenvalue weighted by Gasteiger charge is 2.36. The molecule has 178 valence electrons. The van der Waals surface area contributed by atoms with Gasteiger partial charge in [0, 0.05) is 56.6 Å². The first-order valence-electron chi connectivity index (χ1n) is 12.4. The molecule has 6 nitrogen and oxygen atoms in total. The maximum atomic E-state index is 13.3. The Morgan fingerprint density at radius 2 is 1.85 bits per heavy atom. The largest absolute Gasteiger partial charge is 0.495 e. The molecule has 1 aliphatic heterocycles. The highest BCUT2D eigenvalue weighted by molar-refractivity contribution is 5.82. The van der Waals surface area contributed by atoms with Gasteiger partial charge in [0.15, 0.2) is 0 Å². The number of piperazine rings is 1. The minimum atomic E-state index is -0.228. The Kier molecular flexibility index (Phi) is 7.86. The van der Waals surface area contributed by atoms with Gasteiger partial charge in [-0.1, -0.05) is 44.4 Å². The number of methoxy groups -OCH3 is 1. The summed E-state index contributed by atoms with van der Waals surface area (Å²) in [5.74, 6) is 1.15. The van der Waals surface area contributed by atoms with Crippen LogP contribution in [0.15, 0.2) is 48.8 Å². The highest BCUT2D eigenvalue weighted by Crippen LogP contribution is 2.36. The zero-order valence-corrected chi connectivity index (χ0v) is 20.1. The summed E-state index contributed by atoms with van der Waals surface area (Å²) in [7, 11) is 1.73. The molecular formula is C27H38N4O2. The molecule has 1 saturated heterocycles. The van der Waals surface area contributed by atoms with Crippen molar-refractivity contribution in [2.75, 3.05) is 44.7 Å². The van der Waals surface area contributed by atoms with Crippen LogP contribution in [0.2, 0.25) is 0 Å². The van der Waals surface area contributed by atoms with Crippen molar-refractivity contribution in [1.82, 2.24) is 15.2 Å². The van der Waals surface area contributed by atoms with Gasteiger partial charge in [0.1, 0.15) is 5.75 Å². The molecule has 4 rings (SSSR count). The molecule has 33 heavy (non-hydrogen) atoms. The van der Waals surface area contributed by atoms with E-state index >= 15 is 0 Å². The molecular weight excluding hydrogens is 412 g/mol. The number of aromatic nitrogens is 1. The van der Waals surface area contributed by atoms with E-state index in [2.05, 4.69) is 45.2 Å². The number of carbonyl (C=O) groups is 1. The van der Waals surface area contributed by atoms with Crippen molar-refractivity contribution in [2.24, 2.45) is 5.41 Å². The first-order chi connectivity index (χ1) is 16.1. The Hall–Kier alpha value is -2.60. The van der Waals surface area contributed by atoms with Crippen LogP contribution in [0.3, 0.4) is 0 Å². The second-order valence-corrected chi connectivity index (χ2v) is 9.82. The van der Waals surface area contributed by atoms with Crippen molar-refractivity contribution in [2.45, 2.75) is 51.5 Å². The van der Waals surface area contributed by atoms with Gasteiger partial charge in [0.05, 0.1) is 12.8 Å². The van der Waals surface area contributed by atoms with Gasteiger partial charge in [-0.2, -0.15) is 0 Å². The van der Waals surface area contributed by atoms with E-state index in [0.717, 1.165) is 76.3 Å². The summed E-state index contributed by atoms with van der Waals surface area (Å²) in [5.41, 5.74) is 2.10. The molecule has 0 spiro atoms. The van der Waals surface area contributed by atoms with Crippen LogP contribution in [0.25, 0.3) is 0 Å². The third-order valence-corrected chi connectivity index (χ3v) is 7.32. The number of ether oxygens (including phenoxy) is 1. The third kappa shape index (κ3) is 6.05. The van der Waals surface area contributed by atoms with E-state index in [0.29, 0.717) is 0 Å². The minimum Gasteiger partial charge on any atom is -0.495 e. The van der Waals surface area contributed by atoms with E-state index in [4.69, 9.17) is 4.74 Å². The molecule has 6 heteroatoms. The molecule has 1 aliphatic carbocycles. The van der Waals surface area contributed by atoms with Crippen molar-refractivity contribution >= 4 is 11.6 Å². The van der Waals surface area contributed by atoms with E-state index in [9.17, 15) is 4.79 Å². The van der Waals surface area contributed by atoms with Gasteiger partial charge in [-0.25, -0.2) is 0 Å². The van der Waals surface area contributed by atoms with Gasteiger partial charge in [-0.15, -0.1) is 0 Å². The number of anilines is 1. The number of amides is 1. The molecule has 1 N–H and O–H groups in total. The van der Waals surface area contributed by atoms with E-state index in [-0.39, 0.29) is 17.4 Å². The average molecular weight is 451 g/mol. The lowest BCUT2D eigenvalue weighted by molar-refractivity contribution is -0.132. The van der Waals surface area contributed by atoms with E-state index < -0.39 is 0 Å². The zero-order valence-electron chi connectivity index (χ0n) is 20.1. The maximum absolute atomic E-state index is 13.3. The number of para-hydroxylation sites is 2. The monoisotopic (exact) mass is 450 g/mol. The molecule has 2 aromatic rings. The minimum absolute atomic E-state index is 0.0817. The predicted molar refractivity (Wildman–Crippen MR) is 133 cm³/mol. The number of carbonyl (C=O) groups excluding carboxylic acids is 1. The van der Waals surface area contributed by atoms with Gasteiger partial charge in [-0.3, -0.25) is 14.7 Å². The van der Waals surface area contributed by atoms with Crippen LogP contribution in [0, 0.1) is 5.41 Å². The van der Waals surface area contributed by atoms with Gasteiger partial charge in [0.25, 0.3) is 0 Å². The van der Waals surface area contributed by atoms with Gasteiger partial charge < -0.3 is 15.0 Å². The van der Waals surface area contributed by atoms with E-state index in [1.165, 1.54) is 12.0 Å². The van der Waals surface area contributed by atoms with Crippen molar-refractivity contribution in [1.29, 1.82) is 0 Å². The van der Waals surface area contributed by atoms with Crippen LogP contribution in [0.4, 0.5) is 5.69 Å². The number of pyridine rings is 1. The van der Waals surface area contributed by atoms with Gasteiger partial charge in [-0.05, 0) is 43.0 Å². The van der Waals surface area contributed by atoms with Crippen LogP contribution in [-0.2, 0) is 11.2 Å². The molecule has 1 aromatic carbocycles. The molecule has 2 aliphatic rings. The van der Waals surface area contributed by atoms with Crippen molar-refractivity contribution in [3.63, 3.8) is 0 Å². The summed E-state index contributed by atoms with van der Waals surface area (Å²) in [6, 6.07) is 12.4. The molecule has 0 radical (unpaired) electrons. The van der Waals surface area contributed by atoms with E-state index in [1.807, 2.05) is 24.4 Å². The number of hydrogen-bond donors (Lipinski definition) is 1. The Morgan fingerprint density at radius 1 is 1.09 bits per heavy atom. The first-order valence-corrected chi connectivity index (χ1v) is 12.4. The van der Waals surface area contributed by atoms with Crippen LogP contribution in [0.5, 0.6) is 5.75 Å². The molecule has 2 fully saturated rings. The fraction of sp³-hybridized carbons (Fsp3) is 0.556. The molecule has 1 amide bonds. The second-order valence-electron chi connectivity index (χ2n) is 9.82. The maximum Gasteiger partial charge on any atom is 0.226 e. The third-order valence-electron chi connectivity index (χ3n) is 7.32. The molecule has 1 saturated carbocycles. The van der Waals surface area contributed by atoms with Crippen molar-refractivity contribution in [3.8, 4) is 5.75 Å². The summed E-state index contributed by atoms with van der Waals surface area (Å²) in [6.07, 6.45) is 10.1. The lowest BCUT2D eigenvalue weighted by atomic mass is 9.75. The Balaban J connectivity index is 1.39. The Bertz CT molecular complexity index is 890. The number of rotatable bonds is 8. The number of benzene rings is 1. The molecule has 0 unspecified atom stereocenters. The molecule has 1 atom stereocenters. The topological polar surface area (TPSA) is 57.7 Å². The first kappa shape index (κ1) is 23.6. The fourth-order valence-electron chi connectivity index (χ4n) is 5.26. The van der Waals surface area contributed by atoms with E-state index in [1.54, 1.807) is 13.3 Å². The SMILES string of the molecule is COc1ccccc1N1CCN(C[C@@H](Cc2cccnc2)NC(=O)C2(C)CCCCC2)CC1. The summed E-state index contributed by atoms with van der Waals surface area (Å²) >= 11 is 0. The average Bonchev–Trinajstić information content (AvgIpc) is 2.85. The van der Waals surface area contributed by atoms with Crippen LogP contribution in [0.1, 0.15) is 44.6 Å². The lowest BCUT2D eigenvalue weighted by Gasteiger charge is -2.39. The lowest BCUT2D eigenvalue weighted by Crippen LogP contribution is -2.54. The quantitative estimate of drug-likeness (QED) is 0.661. The Morgan fingerprint density at radius 3 is 2.55 bits per heavy atom. The zero-order chi connectivity index (χ0) is 23.1. The summed E-state index contributed by atoms with van der Waals surface area (Å²) in [6.45, 7) is 6.84. The Labute approximate surface area is 198 Å². The molecule has 2 heterocycles. The summed E-state index contributed by atoms with van der Waals surface area (Å²) in [4.78, 5) is 22.5. The van der Waals surface area contributed by atoms with Crippen LogP contribution < -0.4 is 15.0 Å². The van der Waals surface area contributed by atoms with Gasteiger partial charge >= 0.3 is 0 Å². The van der Waals surface area contributed by atoms with Crippen molar-refractivity contribution in [3.05, 3.63) is 54.4 Å². The normalized spacial score (nSPS) is 19.6. The standard InChI is InChI=1S/C27H38N4O2/c1-27(12-6-3-7-13-27)26(32)29-23(19-22-9-8-14-28-20-22)21-30-15-17-31(18-16-30)24-10-4-5-11-25(24)33-2/h4-5,8-11,14,20,23H,3,6-7,12-13,15-19,21H2,1-2H3,(H,29,32)/t23-/m1/s1. The molecule has 1 aromatic heterocycles. The number of nitrogens with zero attached hydrogens (tertiary/aromatic N) is 3. The van der Waals surface area contributed by atoms with Gasteiger partial charge in [0.2, 0.25) is 5.91 Å². The number of nitrogens with one attached hydrogen (secondary N) is 1. The molecule has 0 bridgehead atoms. The smallest absolute Gasteiger partial charge is 0.226 e.